The van der Waals surface area contributed by atoms with Crippen LogP contribution in [0.15, 0.2) is 0 Å². The fourth-order valence-corrected chi connectivity index (χ4v) is 3.94. The minimum atomic E-state index is -2.89. The zero-order valence-corrected chi connectivity index (χ0v) is 10.3. The quantitative estimate of drug-likeness (QED) is 0.841. The highest BCUT2D eigenvalue weighted by molar-refractivity contribution is 8.24. The molecular formula is C10H16N2O3S-2. The third-order valence-electron chi connectivity index (χ3n) is 3.19. The van der Waals surface area contributed by atoms with Crippen LogP contribution in [0.25, 0.3) is 0 Å². The molecule has 5 nitrogen and oxygen atoms in total. The Labute approximate surface area is 96.4 Å². The molecular weight excluding hydrogens is 228 g/mol. The van der Waals surface area contributed by atoms with Crippen LogP contribution < -0.4 is 0 Å². The number of nitrogens with zero attached hydrogens (tertiary/aromatic N) is 2. The van der Waals surface area contributed by atoms with Crippen LogP contribution in [0.5, 0.6) is 0 Å². The van der Waals surface area contributed by atoms with Crippen molar-refractivity contribution in [3.63, 3.8) is 0 Å². The highest BCUT2D eigenvalue weighted by Crippen LogP contribution is 2.49. The number of rotatable bonds is 2. The number of aryl methyl sites for hydroxylation is 1. The second kappa shape index (κ2) is 4.03. The van der Waals surface area contributed by atoms with Crippen molar-refractivity contribution in [1.29, 1.82) is 0 Å². The molecule has 0 aromatic carbocycles. The summed E-state index contributed by atoms with van der Waals surface area (Å²) in [5, 5.41) is 13.5. The zero-order chi connectivity index (χ0) is 11.9. The summed E-state index contributed by atoms with van der Waals surface area (Å²) in [6.07, 6.45) is 0.620. The van der Waals surface area contributed by atoms with E-state index < -0.39 is 10.6 Å². The summed E-state index contributed by atoms with van der Waals surface area (Å²) >= 11 is 0. The van der Waals surface area contributed by atoms with Gasteiger partial charge in [-0.1, -0.05) is 0 Å². The van der Waals surface area contributed by atoms with Gasteiger partial charge in [0.25, 0.3) is 0 Å². The van der Waals surface area contributed by atoms with E-state index in [0.717, 1.165) is 17.0 Å². The van der Waals surface area contributed by atoms with Gasteiger partial charge in [0.2, 0.25) is 0 Å². The molecule has 1 unspecified atom stereocenters. The summed E-state index contributed by atoms with van der Waals surface area (Å²) in [4.78, 5) is 0. The molecule has 1 aromatic rings. The molecule has 1 saturated heterocycles. The van der Waals surface area contributed by atoms with E-state index in [0.29, 0.717) is 6.42 Å². The molecule has 0 amide bonds. The number of hydrogen-bond acceptors (Lipinski definition) is 4. The van der Waals surface area contributed by atoms with Crippen LogP contribution >= 0.6 is 10.6 Å². The molecule has 1 fully saturated rings. The van der Waals surface area contributed by atoms with Crippen LogP contribution in [0.4, 0.5) is 0 Å². The molecule has 92 valence electrons. The summed E-state index contributed by atoms with van der Waals surface area (Å²) in [6, 6.07) is -0.0657. The number of aromatic nitrogens is 2. The van der Waals surface area contributed by atoms with E-state index in [4.69, 9.17) is 0 Å². The second-order valence-corrected chi connectivity index (χ2v) is 6.54. The highest BCUT2D eigenvalue weighted by atomic mass is 32.3. The predicted molar refractivity (Wildman–Crippen MR) is 60.2 cm³/mol. The number of aliphatic hydroxyl groups excluding tert-OH is 1. The SMILES string of the molecule is Cc1nn(C2CCS([O-])([O-])C2)c(C)c1CO. The van der Waals surface area contributed by atoms with Crippen LogP contribution in [-0.4, -0.2) is 35.5 Å². The van der Waals surface area contributed by atoms with Gasteiger partial charge in [0.15, 0.2) is 0 Å². The molecule has 16 heavy (non-hydrogen) atoms. The van der Waals surface area contributed by atoms with Gasteiger partial charge in [-0.05, 0) is 31.8 Å². The molecule has 0 aliphatic carbocycles. The van der Waals surface area contributed by atoms with E-state index in [-0.39, 0.29) is 24.2 Å². The Morgan fingerprint density at radius 1 is 1.50 bits per heavy atom. The molecule has 1 N–H and O–H groups in total. The lowest BCUT2D eigenvalue weighted by Crippen LogP contribution is -2.13. The number of sulfone groups is 1. The first-order valence-corrected chi connectivity index (χ1v) is 7.12. The first-order valence-electron chi connectivity index (χ1n) is 5.30. The Morgan fingerprint density at radius 2 is 2.19 bits per heavy atom. The average Bonchev–Trinajstić information content (AvgIpc) is 2.68. The number of hydrogen-bond donors (Lipinski definition) is 1. The van der Waals surface area contributed by atoms with Gasteiger partial charge in [-0.25, -0.2) is 0 Å². The summed E-state index contributed by atoms with van der Waals surface area (Å²) in [5.41, 5.74) is 2.47. The van der Waals surface area contributed by atoms with Crippen molar-refractivity contribution in [3.05, 3.63) is 17.0 Å². The Balaban J connectivity index is 2.29. The molecule has 1 aliphatic heterocycles. The Morgan fingerprint density at radius 3 is 2.62 bits per heavy atom. The fraction of sp³-hybridized carbons (Fsp3) is 0.700. The molecule has 2 rings (SSSR count). The first kappa shape index (κ1) is 11.9. The lowest BCUT2D eigenvalue weighted by atomic mass is 10.2. The lowest BCUT2D eigenvalue weighted by Gasteiger charge is -2.56. The smallest absolute Gasteiger partial charge is 0.0718 e. The molecule has 1 aromatic heterocycles. The molecule has 0 bridgehead atoms. The monoisotopic (exact) mass is 244 g/mol. The van der Waals surface area contributed by atoms with Crippen LogP contribution in [0, 0.1) is 13.8 Å². The van der Waals surface area contributed by atoms with E-state index in [1.54, 1.807) is 4.68 Å². The molecule has 0 radical (unpaired) electrons. The summed E-state index contributed by atoms with van der Waals surface area (Å²) in [6.45, 7) is 3.66. The zero-order valence-electron chi connectivity index (χ0n) is 9.47. The summed E-state index contributed by atoms with van der Waals surface area (Å²) in [5.74, 6) is 0.407. The molecule has 0 spiro atoms. The van der Waals surface area contributed by atoms with Crippen LogP contribution in [-0.2, 0) is 6.61 Å². The highest BCUT2D eigenvalue weighted by Gasteiger charge is 2.23. The Hall–Kier alpha value is -0.560. The number of aliphatic hydroxyl groups is 1. The summed E-state index contributed by atoms with van der Waals surface area (Å²) in [7, 11) is -2.89. The third-order valence-corrected chi connectivity index (χ3v) is 4.94. The second-order valence-electron chi connectivity index (χ2n) is 4.31. The first-order chi connectivity index (χ1) is 7.44. The molecule has 0 saturated carbocycles. The van der Waals surface area contributed by atoms with Crippen molar-refractivity contribution in [1.82, 2.24) is 9.78 Å². The van der Waals surface area contributed by atoms with Gasteiger partial charge in [-0.15, -0.1) is 0 Å². The summed E-state index contributed by atoms with van der Waals surface area (Å²) < 4.78 is 24.5. The average molecular weight is 244 g/mol. The van der Waals surface area contributed by atoms with Gasteiger partial charge in [-0.2, -0.15) is 5.10 Å². The van der Waals surface area contributed by atoms with E-state index in [1.165, 1.54) is 0 Å². The molecule has 1 aliphatic rings. The van der Waals surface area contributed by atoms with Crippen LogP contribution in [0.2, 0.25) is 0 Å². The van der Waals surface area contributed by atoms with Crippen LogP contribution in [0.1, 0.15) is 29.4 Å². The van der Waals surface area contributed by atoms with Gasteiger partial charge < -0.3 is 24.8 Å². The predicted octanol–water partition coefficient (Wildman–Crippen LogP) is 1.00. The van der Waals surface area contributed by atoms with Crippen molar-refractivity contribution in [2.45, 2.75) is 32.9 Å². The van der Waals surface area contributed by atoms with E-state index in [2.05, 4.69) is 5.10 Å². The van der Waals surface area contributed by atoms with Crippen LogP contribution in [0.3, 0.4) is 0 Å². The Bertz CT molecular complexity index is 403. The lowest BCUT2D eigenvalue weighted by molar-refractivity contribution is 0.280. The van der Waals surface area contributed by atoms with E-state index >= 15 is 0 Å². The van der Waals surface area contributed by atoms with Crippen molar-refractivity contribution in [2.24, 2.45) is 0 Å². The minimum absolute atomic E-state index is 0.0445. The van der Waals surface area contributed by atoms with Gasteiger partial charge in [-0.3, -0.25) is 4.68 Å². The third kappa shape index (κ3) is 1.98. The molecule has 6 heteroatoms. The van der Waals surface area contributed by atoms with Gasteiger partial charge >= 0.3 is 0 Å². The normalized spacial score (nSPS) is 25.9. The van der Waals surface area contributed by atoms with Crippen molar-refractivity contribution >= 4 is 10.6 Å². The maximum absolute atomic E-state index is 11.4. The van der Waals surface area contributed by atoms with Gasteiger partial charge in [0, 0.05) is 11.3 Å². The minimum Gasteiger partial charge on any atom is -0.800 e. The maximum atomic E-state index is 11.4. The van der Waals surface area contributed by atoms with E-state index in [9.17, 15) is 14.2 Å². The largest absolute Gasteiger partial charge is 0.800 e. The van der Waals surface area contributed by atoms with Gasteiger partial charge in [0.05, 0.1) is 18.3 Å². The van der Waals surface area contributed by atoms with E-state index in [1.807, 2.05) is 13.8 Å². The van der Waals surface area contributed by atoms with Crippen molar-refractivity contribution in [2.75, 3.05) is 11.5 Å². The molecule has 2 heterocycles. The topological polar surface area (TPSA) is 84.2 Å². The molecule has 1 atom stereocenters. The van der Waals surface area contributed by atoms with Crippen molar-refractivity contribution in [3.8, 4) is 0 Å². The van der Waals surface area contributed by atoms with Crippen molar-refractivity contribution < 1.29 is 14.2 Å². The Kier molecular flexibility index (Phi) is 3.00. The maximum Gasteiger partial charge on any atom is 0.0718 e. The fourth-order valence-electron chi connectivity index (χ4n) is 2.25. The standard InChI is InChI=1S/C10H18N2O3S/c1-7-10(5-13)8(2)12(11-7)9-3-4-16(14,15)6-9/h9,13-15H,3-6H2,1-2H3/p-2. The van der Waals surface area contributed by atoms with Gasteiger partial charge in [0.1, 0.15) is 0 Å².